The predicted octanol–water partition coefficient (Wildman–Crippen LogP) is 4.56. The van der Waals surface area contributed by atoms with Gasteiger partial charge in [-0.05, 0) is 80.8 Å². The van der Waals surface area contributed by atoms with Crippen LogP contribution in [0.25, 0.3) is 0 Å². The lowest BCUT2D eigenvalue weighted by Gasteiger charge is -2.30. The average molecular weight is 449 g/mol. The zero-order valence-corrected chi connectivity index (χ0v) is 19.5. The first-order valence-corrected chi connectivity index (χ1v) is 12.5. The van der Waals surface area contributed by atoms with E-state index in [2.05, 4.69) is 23.5 Å². The highest BCUT2D eigenvalue weighted by molar-refractivity contribution is 7.92. The van der Waals surface area contributed by atoms with Gasteiger partial charge in [0.25, 0.3) is 0 Å². The van der Waals surface area contributed by atoms with Crippen molar-refractivity contribution in [1.29, 1.82) is 0 Å². The molecule has 2 unspecified atom stereocenters. The number of fused-ring (bicyclic) bond motifs is 1. The van der Waals surface area contributed by atoms with E-state index in [0.717, 1.165) is 34.5 Å². The molecule has 2 atom stereocenters. The quantitative estimate of drug-likeness (QED) is 0.704. The van der Waals surface area contributed by atoms with E-state index in [1.54, 1.807) is 32.0 Å². The van der Waals surface area contributed by atoms with Crippen LogP contribution in [-0.2, 0) is 27.7 Å². The number of nitrogens with one attached hydrogen (secondary N) is 1. The Hall–Kier alpha value is -2.05. The van der Waals surface area contributed by atoms with Crippen LogP contribution in [0.3, 0.4) is 0 Å². The number of hydrogen-bond acceptors (Lipinski definition) is 3. The van der Waals surface area contributed by atoms with E-state index in [4.69, 9.17) is 11.6 Å². The Morgan fingerprint density at radius 3 is 2.40 bits per heavy atom. The highest BCUT2D eigenvalue weighted by Crippen LogP contribution is 2.29. The van der Waals surface area contributed by atoms with Crippen molar-refractivity contribution >= 4 is 33.2 Å². The molecule has 30 heavy (non-hydrogen) atoms. The molecule has 0 aromatic heterocycles. The maximum atomic E-state index is 13.0. The first-order chi connectivity index (χ1) is 14.1. The Balaban J connectivity index is 1.83. The van der Waals surface area contributed by atoms with Crippen LogP contribution in [0.2, 0.25) is 5.02 Å². The normalized spacial score (nSPS) is 15.8. The maximum absolute atomic E-state index is 13.0. The molecule has 7 heteroatoms. The molecule has 2 aromatic carbocycles. The lowest BCUT2D eigenvalue weighted by molar-refractivity contribution is -0.122. The SMILES string of the molecule is Cc1ccc(Cl)cc1N(C(C)C(=O)NC(C)c1ccc2c(c1)CCCC2)S(C)(=O)=O. The lowest BCUT2D eigenvalue weighted by Crippen LogP contribution is -2.48. The summed E-state index contributed by atoms with van der Waals surface area (Å²) in [5.74, 6) is -0.356. The number of sulfonamides is 1. The van der Waals surface area contributed by atoms with Crippen LogP contribution in [0.4, 0.5) is 5.69 Å². The molecule has 162 valence electrons. The highest BCUT2D eigenvalue weighted by atomic mass is 35.5. The molecule has 1 N–H and O–H groups in total. The average Bonchev–Trinajstić information content (AvgIpc) is 2.69. The number of nitrogens with zero attached hydrogens (tertiary/aromatic N) is 1. The fourth-order valence-corrected chi connectivity index (χ4v) is 5.43. The fraction of sp³-hybridized carbons (Fsp3) is 0.435. The van der Waals surface area contributed by atoms with Crippen LogP contribution < -0.4 is 9.62 Å². The number of carbonyl (C=O) groups is 1. The molecule has 0 radical (unpaired) electrons. The van der Waals surface area contributed by atoms with Gasteiger partial charge in [-0.1, -0.05) is 35.9 Å². The maximum Gasteiger partial charge on any atom is 0.244 e. The van der Waals surface area contributed by atoms with Gasteiger partial charge >= 0.3 is 0 Å². The summed E-state index contributed by atoms with van der Waals surface area (Å²) in [6.07, 6.45) is 5.69. The van der Waals surface area contributed by atoms with Gasteiger partial charge < -0.3 is 5.32 Å². The smallest absolute Gasteiger partial charge is 0.244 e. The van der Waals surface area contributed by atoms with Gasteiger partial charge in [-0.15, -0.1) is 0 Å². The van der Waals surface area contributed by atoms with E-state index < -0.39 is 16.1 Å². The molecule has 0 saturated carbocycles. The number of rotatable bonds is 6. The molecule has 3 rings (SSSR count). The Kier molecular flexibility index (Phi) is 6.78. The second kappa shape index (κ2) is 8.98. The van der Waals surface area contributed by atoms with Gasteiger partial charge in [-0.3, -0.25) is 9.10 Å². The van der Waals surface area contributed by atoms with Gasteiger partial charge in [0.15, 0.2) is 0 Å². The molecule has 2 aromatic rings. The summed E-state index contributed by atoms with van der Waals surface area (Å²) in [5, 5.41) is 3.40. The molecule has 0 aliphatic heterocycles. The first-order valence-electron chi connectivity index (χ1n) is 10.3. The van der Waals surface area contributed by atoms with Gasteiger partial charge in [0.05, 0.1) is 18.0 Å². The van der Waals surface area contributed by atoms with Crippen LogP contribution >= 0.6 is 11.6 Å². The van der Waals surface area contributed by atoms with Crippen molar-refractivity contribution in [3.05, 3.63) is 63.7 Å². The van der Waals surface area contributed by atoms with Crippen molar-refractivity contribution in [2.45, 2.75) is 58.5 Å². The number of benzene rings is 2. The second-order valence-corrected chi connectivity index (χ2v) is 10.4. The summed E-state index contributed by atoms with van der Waals surface area (Å²) in [5.41, 5.74) is 4.90. The Morgan fingerprint density at radius 1 is 1.07 bits per heavy atom. The first kappa shape index (κ1) is 22.6. The second-order valence-electron chi connectivity index (χ2n) is 8.13. The topological polar surface area (TPSA) is 66.5 Å². The van der Waals surface area contributed by atoms with E-state index in [-0.39, 0.29) is 11.9 Å². The van der Waals surface area contributed by atoms with Crippen LogP contribution in [0, 0.1) is 6.92 Å². The minimum Gasteiger partial charge on any atom is -0.348 e. The Bertz CT molecular complexity index is 1050. The molecule has 0 spiro atoms. The predicted molar refractivity (Wildman–Crippen MR) is 123 cm³/mol. The largest absolute Gasteiger partial charge is 0.348 e. The molecular weight excluding hydrogens is 420 g/mol. The molecule has 1 aliphatic carbocycles. The third-order valence-electron chi connectivity index (χ3n) is 5.73. The Labute approximate surface area is 184 Å². The van der Waals surface area contributed by atoms with Crippen molar-refractivity contribution in [3.63, 3.8) is 0 Å². The monoisotopic (exact) mass is 448 g/mol. The number of carbonyl (C=O) groups excluding carboxylic acids is 1. The van der Waals surface area contributed by atoms with Crippen LogP contribution in [0.1, 0.15) is 55.0 Å². The standard InChI is InChI=1S/C23H29ClN2O3S/c1-15-9-12-21(24)14-22(15)26(30(4,28)29)17(3)23(27)25-16(2)19-11-10-18-7-5-6-8-20(18)13-19/h9-14,16-17H,5-8H2,1-4H3,(H,25,27). The Morgan fingerprint density at radius 2 is 1.73 bits per heavy atom. The minimum atomic E-state index is -3.70. The zero-order chi connectivity index (χ0) is 22.1. The summed E-state index contributed by atoms with van der Waals surface area (Å²) in [6, 6.07) is 10.2. The van der Waals surface area contributed by atoms with E-state index in [0.29, 0.717) is 10.7 Å². The van der Waals surface area contributed by atoms with Gasteiger partial charge in [0, 0.05) is 5.02 Å². The van der Waals surface area contributed by atoms with Crippen molar-refractivity contribution < 1.29 is 13.2 Å². The molecule has 1 amide bonds. The van der Waals surface area contributed by atoms with Crippen LogP contribution in [0.15, 0.2) is 36.4 Å². The molecule has 0 fully saturated rings. The van der Waals surface area contributed by atoms with Gasteiger partial charge in [0.1, 0.15) is 6.04 Å². The lowest BCUT2D eigenvalue weighted by atomic mass is 9.89. The molecule has 0 heterocycles. The van der Waals surface area contributed by atoms with Crippen molar-refractivity contribution in [2.75, 3.05) is 10.6 Å². The summed E-state index contributed by atoms with van der Waals surface area (Å²) in [7, 11) is -3.70. The summed E-state index contributed by atoms with van der Waals surface area (Å²) in [4.78, 5) is 13.0. The number of amides is 1. The van der Waals surface area contributed by atoms with E-state index in [1.165, 1.54) is 24.0 Å². The number of anilines is 1. The number of hydrogen-bond donors (Lipinski definition) is 1. The zero-order valence-electron chi connectivity index (χ0n) is 17.9. The molecule has 0 bridgehead atoms. The van der Waals surface area contributed by atoms with Crippen molar-refractivity contribution in [3.8, 4) is 0 Å². The van der Waals surface area contributed by atoms with Gasteiger partial charge in [0.2, 0.25) is 15.9 Å². The van der Waals surface area contributed by atoms with Gasteiger partial charge in [-0.25, -0.2) is 8.42 Å². The van der Waals surface area contributed by atoms with Crippen molar-refractivity contribution in [2.24, 2.45) is 0 Å². The summed E-state index contributed by atoms with van der Waals surface area (Å²) in [6.45, 7) is 5.31. The third-order valence-corrected chi connectivity index (χ3v) is 7.19. The van der Waals surface area contributed by atoms with Gasteiger partial charge in [-0.2, -0.15) is 0 Å². The van der Waals surface area contributed by atoms with Crippen LogP contribution in [0.5, 0.6) is 0 Å². The number of halogens is 1. The molecular formula is C23H29ClN2O3S. The summed E-state index contributed by atoms with van der Waals surface area (Å²) >= 11 is 6.10. The van der Waals surface area contributed by atoms with E-state index in [9.17, 15) is 13.2 Å². The summed E-state index contributed by atoms with van der Waals surface area (Å²) < 4.78 is 26.3. The molecule has 1 aliphatic rings. The highest BCUT2D eigenvalue weighted by Gasteiger charge is 2.31. The molecule has 0 saturated heterocycles. The van der Waals surface area contributed by atoms with Crippen molar-refractivity contribution in [1.82, 2.24) is 5.32 Å². The number of aryl methyl sites for hydroxylation is 3. The third kappa shape index (κ3) is 4.98. The fourth-order valence-electron chi connectivity index (χ4n) is 4.04. The van der Waals surface area contributed by atoms with E-state index >= 15 is 0 Å². The molecule has 5 nitrogen and oxygen atoms in total. The minimum absolute atomic E-state index is 0.228. The van der Waals surface area contributed by atoms with E-state index in [1.807, 2.05) is 6.92 Å². The van der Waals surface area contributed by atoms with Crippen LogP contribution in [-0.4, -0.2) is 26.6 Å².